The van der Waals surface area contributed by atoms with E-state index in [0.717, 1.165) is 6.54 Å². The maximum Gasteiger partial charge on any atom is 0.283 e. The Hall–Kier alpha value is -2.92. The van der Waals surface area contributed by atoms with E-state index in [9.17, 15) is 0 Å². The number of rotatable bonds is 5. The van der Waals surface area contributed by atoms with Gasteiger partial charge in [0.05, 0.1) is 12.8 Å². The molecule has 4 rings (SSSR count). The van der Waals surface area contributed by atoms with Crippen LogP contribution in [0.2, 0.25) is 0 Å². The van der Waals surface area contributed by atoms with Crippen LogP contribution in [0.1, 0.15) is 11.5 Å². The monoisotopic (exact) mass is 319 g/mol. The highest BCUT2D eigenvalue weighted by atomic mass is 16.4. The van der Waals surface area contributed by atoms with Crippen LogP contribution in [0.3, 0.4) is 0 Å². The minimum absolute atomic E-state index is 0.411. The van der Waals surface area contributed by atoms with Crippen LogP contribution in [0.25, 0.3) is 22.4 Å². The zero-order chi connectivity index (χ0) is 16.4. The molecule has 0 aliphatic heterocycles. The third-order valence-electron chi connectivity index (χ3n) is 3.87. The highest BCUT2D eigenvalue weighted by Crippen LogP contribution is 2.20. The first-order valence-corrected chi connectivity index (χ1v) is 7.80. The molecule has 0 aliphatic carbocycles. The number of nitrogens with zero attached hydrogens (tertiary/aromatic N) is 3. The Bertz CT molecular complexity index is 944. The van der Waals surface area contributed by atoms with E-state index in [1.165, 1.54) is 16.3 Å². The molecule has 4 aromatic rings. The lowest BCUT2D eigenvalue weighted by Crippen LogP contribution is -2.17. The molecule has 5 nitrogen and oxygen atoms in total. The molecule has 0 spiro atoms. The van der Waals surface area contributed by atoms with Gasteiger partial charge in [-0.25, -0.2) is 0 Å². The van der Waals surface area contributed by atoms with Crippen molar-refractivity contribution in [3.63, 3.8) is 0 Å². The number of hydrogen-bond acceptors (Lipinski definition) is 5. The molecule has 24 heavy (non-hydrogen) atoms. The fourth-order valence-electron chi connectivity index (χ4n) is 2.75. The molecule has 0 aliphatic rings. The van der Waals surface area contributed by atoms with Crippen LogP contribution in [0.5, 0.6) is 0 Å². The highest BCUT2D eigenvalue weighted by Gasteiger charge is 2.12. The molecule has 2 aromatic carbocycles. The van der Waals surface area contributed by atoms with Crippen LogP contribution >= 0.6 is 0 Å². The van der Waals surface area contributed by atoms with Crippen molar-refractivity contribution in [2.45, 2.75) is 13.1 Å². The van der Waals surface area contributed by atoms with Crippen LogP contribution in [-0.4, -0.2) is 22.1 Å². The number of furan rings is 1. The van der Waals surface area contributed by atoms with Crippen LogP contribution in [0.15, 0.2) is 69.7 Å². The number of fused-ring (bicyclic) bond motifs is 1. The molecule has 0 atom stereocenters. The van der Waals surface area contributed by atoms with Gasteiger partial charge in [0, 0.05) is 6.54 Å². The van der Waals surface area contributed by atoms with E-state index in [0.29, 0.717) is 24.1 Å². The van der Waals surface area contributed by atoms with Crippen molar-refractivity contribution in [2.24, 2.45) is 0 Å². The molecule has 0 fully saturated rings. The Morgan fingerprint density at radius 1 is 0.917 bits per heavy atom. The van der Waals surface area contributed by atoms with E-state index in [1.54, 1.807) is 18.4 Å². The van der Waals surface area contributed by atoms with E-state index in [4.69, 9.17) is 8.83 Å². The molecule has 5 heteroatoms. The van der Waals surface area contributed by atoms with E-state index in [-0.39, 0.29) is 0 Å². The molecule has 2 heterocycles. The summed E-state index contributed by atoms with van der Waals surface area (Å²) >= 11 is 0. The summed E-state index contributed by atoms with van der Waals surface area (Å²) in [6, 6.07) is 18.5. The van der Waals surface area contributed by atoms with Crippen LogP contribution in [-0.2, 0) is 13.1 Å². The molecular weight excluding hydrogens is 302 g/mol. The van der Waals surface area contributed by atoms with Gasteiger partial charge in [0.25, 0.3) is 5.89 Å². The zero-order valence-electron chi connectivity index (χ0n) is 13.3. The average Bonchev–Trinajstić information content (AvgIpc) is 3.26. The molecule has 0 radical (unpaired) electrons. The maximum absolute atomic E-state index is 5.65. The Morgan fingerprint density at radius 2 is 1.79 bits per heavy atom. The first-order chi connectivity index (χ1) is 11.8. The summed E-state index contributed by atoms with van der Waals surface area (Å²) in [5.41, 5.74) is 1.25. The average molecular weight is 319 g/mol. The summed E-state index contributed by atoms with van der Waals surface area (Å²) in [6.45, 7) is 1.39. The Kier molecular flexibility index (Phi) is 3.84. The van der Waals surface area contributed by atoms with Crippen molar-refractivity contribution in [3.8, 4) is 11.7 Å². The zero-order valence-corrected chi connectivity index (χ0v) is 13.3. The lowest BCUT2D eigenvalue weighted by atomic mass is 10.1. The predicted molar refractivity (Wildman–Crippen MR) is 91.1 cm³/mol. The smallest absolute Gasteiger partial charge is 0.283 e. The van der Waals surface area contributed by atoms with Gasteiger partial charge in [-0.1, -0.05) is 36.4 Å². The molecule has 0 bridgehead atoms. The van der Waals surface area contributed by atoms with Crippen molar-refractivity contribution in [1.82, 2.24) is 15.1 Å². The van der Waals surface area contributed by atoms with Crippen molar-refractivity contribution in [2.75, 3.05) is 7.05 Å². The SMILES string of the molecule is CN(Cc1ccc2ccccc2c1)Cc1nnc(-c2ccco2)o1. The fraction of sp³-hybridized carbons (Fsp3) is 0.158. The number of aromatic nitrogens is 2. The third-order valence-corrected chi connectivity index (χ3v) is 3.87. The van der Waals surface area contributed by atoms with Gasteiger partial charge in [0.2, 0.25) is 5.89 Å². The van der Waals surface area contributed by atoms with Gasteiger partial charge in [0.1, 0.15) is 0 Å². The minimum Gasteiger partial charge on any atom is -0.459 e. The van der Waals surface area contributed by atoms with E-state index < -0.39 is 0 Å². The van der Waals surface area contributed by atoms with Crippen LogP contribution in [0.4, 0.5) is 0 Å². The number of hydrogen-bond donors (Lipinski definition) is 0. The molecule has 0 unspecified atom stereocenters. The van der Waals surface area contributed by atoms with Gasteiger partial charge in [-0.15, -0.1) is 10.2 Å². The van der Waals surface area contributed by atoms with Gasteiger partial charge in [0.15, 0.2) is 5.76 Å². The first kappa shape index (κ1) is 14.7. The van der Waals surface area contributed by atoms with E-state index in [2.05, 4.69) is 57.6 Å². The summed E-state index contributed by atoms with van der Waals surface area (Å²) in [4.78, 5) is 2.14. The molecule has 0 saturated carbocycles. The second-order valence-electron chi connectivity index (χ2n) is 5.83. The Labute approximate surface area is 139 Å². The first-order valence-electron chi connectivity index (χ1n) is 7.80. The quantitative estimate of drug-likeness (QED) is 0.554. The largest absolute Gasteiger partial charge is 0.459 e. The molecule has 0 saturated heterocycles. The van der Waals surface area contributed by atoms with Gasteiger partial charge >= 0.3 is 0 Å². The summed E-state index contributed by atoms with van der Waals surface area (Å²) in [5.74, 6) is 1.57. The lowest BCUT2D eigenvalue weighted by molar-refractivity contribution is 0.282. The molecule has 2 aromatic heterocycles. The van der Waals surface area contributed by atoms with Gasteiger partial charge < -0.3 is 8.83 Å². The highest BCUT2D eigenvalue weighted by molar-refractivity contribution is 5.82. The van der Waals surface area contributed by atoms with E-state index >= 15 is 0 Å². The maximum atomic E-state index is 5.65. The van der Waals surface area contributed by atoms with Crippen molar-refractivity contribution < 1.29 is 8.83 Å². The second-order valence-corrected chi connectivity index (χ2v) is 5.83. The van der Waals surface area contributed by atoms with Crippen LogP contribution in [0, 0.1) is 0 Å². The van der Waals surface area contributed by atoms with E-state index in [1.807, 2.05) is 7.05 Å². The molecule has 0 amide bonds. The topological polar surface area (TPSA) is 55.3 Å². The summed E-state index contributed by atoms with van der Waals surface area (Å²) in [6.07, 6.45) is 1.59. The molecule has 120 valence electrons. The number of benzene rings is 2. The van der Waals surface area contributed by atoms with Crippen LogP contribution < -0.4 is 0 Å². The second kappa shape index (κ2) is 6.29. The van der Waals surface area contributed by atoms with Gasteiger partial charge in [-0.2, -0.15) is 0 Å². The van der Waals surface area contributed by atoms with Gasteiger partial charge in [-0.05, 0) is 41.6 Å². The standard InChI is InChI=1S/C19H17N3O2/c1-22(12-14-8-9-15-5-2-3-6-16(15)11-14)13-18-20-21-19(24-18)17-7-4-10-23-17/h2-11H,12-13H2,1H3. The predicted octanol–water partition coefficient (Wildman–Crippen LogP) is 4.11. The molecular formula is C19H17N3O2. The summed E-state index contributed by atoms with van der Waals surface area (Å²) in [5, 5.41) is 10.6. The normalized spacial score (nSPS) is 11.4. The Balaban J connectivity index is 1.45. The summed E-state index contributed by atoms with van der Waals surface area (Å²) < 4.78 is 10.9. The minimum atomic E-state index is 0.411. The lowest BCUT2D eigenvalue weighted by Gasteiger charge is -2.14. The summed E-state index contributed by atoms with van der Waals surface area (Å²) in [7, 11) is 2.03. The Morgan fingerprint density at radius 3 is 2.62 bits per heavy atom. The third kappa shape index (κ3) is 3.07. The van der Waals surface area contributed by atoms with Crippen molar-refractivity contribution in [3.05, 3.63) is 72.3 Å². The van der Waals surface area contributed by atoms with Gasteiger partial charge in [-0.3, -0.25) is 4.90 Å². The molecule has 0 N–H and O–H groups in total. The fourth-order valence-corrected chi connectivity index (χ4v) is 2.75. The van der Waals surface area contributed by atoms with Crippen molar-refractivity contribution in [1.29, 1.82) is 0 Å². The van der Waals surface area contributed by atoms with Crippen molar-refractivity contribution >= 4 is 10.8 Å².